The second-order valence-corrected chi connectivity index (χ2v) is 13.6. The Bertz CT molecular complexity index is 1920. The summed E-state index contributed by atoms with van der Waals surface area (Å²) in [5, 5.41) is 9.23. The maximum Gasteiger partial charge on any atom is 0.306 e. The van der Waals surface area contributed by atoms with Gasteiger partial charge in [0.2, 0.25) is 10.0 Å². The molecule has 9 heteroatoms. The van der Waals surface area contributed by atoms with Crippen molar-refractivity contribution in [2.75, 3.05) is 13.1 Å². The molecule has 47 heavy (non-hydrogen) atoms. The first-order chi connectivity index (χ1) is 22.8. The van der Waals surface area contributed by atoms with Crippen molar-refractivity contribution >= 4 is 21.9 Å². The maximum absolute atomic E-state index is 14.0. The quantitative estimate of drug-likeness (QED) is 0.180. The van der Waals surface area contributed by atoms with Gasteiger partial charge in [-0.3, -0.25) is 14.6 Å². The van der Waals surface area contributed by atoms with Crippen molar-refractivity contribution in [3.8, 4) is 22.3 Å². The van der Waals surface area contributed by atoms with E-state index in [1.807, 2.05) is 84.9 Å². The standard InChI is InChI=1S/C38H35N3O5S/c42-37(40-23-20-35(21-24-40)38(43)44)34-14-12-32(13-15-34)31-10-8-28(9-11-31)26-41(27-29-5-4-22-39-25-29)47(45,46)36-18-16-33(17-19-36)30-6-2-1-3-7-30/h1-19,22,25,35H,20-21,23-24,26-27H2,(H,43,44). The second-order valence-electron chi connectivity index (χ2n) is 11.7. The number of hydrogen-bond acceptors (Lipinski definition) is 5. The third kappa shape index (κ3) is 7.48. The van der Waals surface area contributed by atoms with Crippen molar-refractivity contribution in [3.05, 3.63) is 144 Å². The summed E-state index contributed by atoms with van der Waals surface area (Å²) in [5.41, 5.74) is 6.00. The van der Waals surface area contributed by atoms with E-state index in [-0.39, 0.29) is 23.9 Å². The van der Waals surface area contributed by atoms with E-state index in [9.17, 15) is 23.1 Å². The fourth-order valence-corrected chi connectivity index (χ4v) is 7.26. The summed E-state index contributed by atoms with van der Waals surface area (Å²) in [6.45, 7) is 1.21. The van der Waals surface area contributed by atoms with Crippen LogP contribution >= 0.6 is 0 Å². The fourth-order valence-electron chi connectivity index (χ4n) is 5.84. The largest absolute Gasteiger partial charge is 0.481 e. The van der Waals surface area contributed by atoms with Gasteiger partial charge in [-0.05, 0) is 76.6 Å². The molecule has 0 atom stereocenters. The van der Waals surface area contributed by atoms with Crippen molar-refractivity contribution in [1.82, 2.24) is 14.2 Å². The molecule has 2 heterocycles. The zero-order valence-corrected chi connectivity index (χ0v) is 26.6. The molecule has 1 amide bonds. The SMILES string of the molecule is O=C(O)C1CCN(C(=O)c2ccc(-c3ccc(CN(Cc4cccnc4)S(=O)(=O)c4ccc(-c5ccccc5)cc4)cc3)cc2)CC1. The van der Waals surface area contributed by atoms with Gasteiger partial charge in [0.25, 0.3) is 5.91 Å². The molecule has 8 nitrogen and oxygen atoms in total. The number of likely N-dealkylation sites (tertiary alicyclic amines) is 1. The van der Waals surface area contributed by atoms with Gasteiger partial charge in [-0.25, -0.2) is 8.42 Å². The first-order valence-corrected chi connectivity index (χ1v) is 17.0. The van der Waals surface area contributed by atoms with E-state index in [0.29, 0.717) is 31.5 Å². The van der Waals surface area contributed by atoms with Gasteiger partial charge in [-0.2, -0.15) is 4.31 Å². The summed E-state index contributed by atoms with van der Waals surface area (Å²) in [6.07, 6.45) is 4.27. The number of aromatic nitrogens is 1. The van der Waals surface area contributed by atoms with Gasteiger partial charge in [0, 0.05) is 44.1 Å². The number of piperidine rings is 1. The Labute approximate surface area is 275 Å². The Morgan fingerprint density at radius 1 is 0.702 bits per heavy atom. The summed E-state index contributed by atoms with van der Waals surface area (Å²) in [6, 6.07) is 35.6. The topological polar surface area (TPSA) is 108 Å². The predicted octanol–water partition coefficient (Wildman–Crippen LogP) is 6.74. The van der Waals surface area contributed by atoms with Crippen LogP contribution in [0.1, 0.15) is 34.3 Å². The molecule has 1 aliphatic heterocycles. The third-order valence-electron chi connectivity index (χ3n) is 8.59. The van der Waals surface area contributed by atoms with E-state index in [2.05, 4.69) is 4.98 Å². The van der Waals surface area contributed by atoms with Gasteiger partial charge in [0.1, 0.15) is 0 Å². The molecule has 1 saturated heterocycles. The van der Waals surface area contributed by atoms with Crippen LogP contribution < -0.4 is 0 Å². The highest BCUT2D eigenvalue weighted by atomic mass is 32.2. The monoisotopic (exact) mass is 645 g/mol. The van der Waals surface area contributed by atoms with E-state index >= 15 is 0 Å². The van der Waals surface area contributed by atoms with Gasteiger partial charge in [0.15, 0.2) is 0 Å². The molecule has 0 spiro atoms. The molecule has 0 radical (unpaired) electrons. The number of hydrogen-bond donors (Lipinski definition) is 1. The summed E-state index contributed by atoms with van der Waals surface area (Å²) in [5.74, 6) is -1.29. The van der Waals surface area contributed by atoms with Gasteiger partial charge >= 0.3 is 5.97 Å². The van der Waals surface area contributed by atoms with E-state index in [0.717, 1.165) is 33.4 Å². The lowest BCUT2D eigenvalue weighted by molar-refractivity contribution is -0.143. The molecule has 6 rings (SSSR count). The second kappa shape index (κ2) is 14.1. The lowest BCUT2D eigenvalue weighted by Crippen LogP contribution is -2.40. The van der Waals surface area contributed by atoms with Crippen molar-refractivity contribution in [3.63, 3.8) is 0 Å². The van der Waals surface area contributed by atoms with Crippen molar-refractivity contribution in [1.29, 1.82) is 0 Å². The molecule has 0 aliphatic carbocycles. The number of nitrogens with zero attached hydrogens (tertiary/aromatic N) is 3. The smallest absolute Gasteiger partial charge is 0.306 e. The maximum atomic E-state index is 14.0. The van der Waals surface area contributed by atoms with E-state index in [1.54, 1.807) is 47.6 Å². The molecule has 238 valence electrons. The van der Waals surface area contributed by atoms with Gasteiger partial charge in [-0.15, -0.1) is 0 Å². The number of carboxylic acids is 1. The fraction of sp³-hybridized carbons (Fsp3) is 0.184. The minimum atomic E-state index is -3.85. The average molecular weight is 646 g/mol. The summed E-state index contributed by atoms with van der Waals surface area (Å²) in [7, 11) is -3.85. The highest BCUT2D eigenvalue weighted by molar-refractivity contribution is 7.89. The van der Waals surface area contributed by atoms with Crippen LogP contribution in [0, 0.1) is 5.92 Å². The zero-order chi connectivity index (χ0) is 32.8. The Morgan fingerprint density at radius 2 is 1.26 bits per heavy atom. The number of rotatable bonds is 10. The van der Waals surface area contributed by atoms with Crippen LogP contribution in [0.25, 0.3) is 22.3 Å². The first-order valence-electron chi connectivity index (χ1n) is 15.5. The Hall–Kier alpha value is -5.12. The molecular weight excluding hydrogens is 611 g/mol. The number of carbonyl (C=O) groups excluding carboxylic acids is 1. The highest BCUT2D eigenvalue weighted by Gasteiger charge is 2.28. The normalized spacial score (nSPS) is 13.9. The number of carboxylic acid groups (broad SMARTS) is 1. The lowest BCUT2D eigenvalue weighted by Gasteiger charge is -2.30. The molecule has 1 aliphatic rings. The van der Waals surface area contributed by atoms with Crippen LogP contribution in [0.2, 0.25) is 0 Å². The Balaban J connectivity index is 1.17. The van der Waals surface area contributed by atoms with Crippen LogP contribution in [0.5, 0.6) is 0 Å². The molecule has 4 aromatic carbocycles. The third-order valence-corrected chi connectivity index (χ3v) is 10.4. The summed E-state index contributed by atoms with van der Waals surface area (Å²) >= 11 is 0. The van der Waals surface area contributed by atoms with Crippen molar-refractivity contribution in [2.45, 2.75) is 30.8 Å². The van der Waals surface area contributed by atoms with E-state index in [1.165, 1.54) is 4.31 Å². The van der Waals surface area contributed by atoms with Gasteiger partial charge < -0.3 is 10.0 Å². The molecular formula is C38H35N3O5S. The molecule has 0 bridgehead atoms. The minimum Gasteiger partial charge on any atom is -0.481 e. The van der Waals surface area contributed by atoms with Crippen LogP contribution in [0.4, 0.5) is 0 Å². The number of pyridine rings is 1. The van der Waals surface area contributed by atoms with Crippen LogP contribution in [0.15, 0.2) is 133 Å². The van der Waals surface area contributed by atoms with Crippen molar-refractivity contribution in [2.24, 2.45) is 5.92 Å². The Morgan fingerprint density at radius 3 is 1.83 bits per heavy atom. The van der Waals surface area contributed by atoms with Gasteiger partial charge in [0.05, 0.1) is 10.8 Å². The van der Waals surface area contributed by atoms with Crippen LogP contribution in [-0.2, 0) is 27.9 Å². The Kier molecular flexibility index (Phi) is 9.56. The lowest BCUT2D eigenvalue weighted by atomic mass is 9.96. The number of sulfonamides is 1. The average Bonchev–Trinajstić information content (AvgIpc) is 3.12. The molecule has 0 unspecified atom stereocenters. The number of benzene rings is 4. The van der Waals surface area contributed by atoms with E-state index < -0.39 is 21.9 Å². The summed E-state index contributed by atoms with van der Waals surface area (Å²) in [4.78, 5) is 30.3. The molecule has 1 N–H and O–H groups in total. The first kappa shape index (κ1) is 31.8. The predicted molar refractivity (Wildman–Crippen MR) is 181 cm³/mol. The molecule has 5 aromatic rings. The minimum absolute atomic E-state index is 0.0969. The number of amides is 1. The van der Waals surface area contributed by atoms with Gasteiger partial charge in [-0.1, -0.05) is 84.9 Å². The highest BCUT2D eigenvalue weighted by Crippen LogP contribution is 2.27. The van der Waals surface area contributed by atoms with E-state index in [4.69, 9.17) is 0 Å². The van der Waals surface area contributed by atoms with Crippen molar-refractivity contribution < 1.29 is 23.1 Å². The number of aliphatic carboxylic acids is 1. The molecule has 0 saturated carbocycles. The van der Waals surface area contributed by atoms with Crippen LogP contribution in [0.3, 0.4) is 0 Å². The van der Waals surface area contributed by atoms with Crippen LogP contribution in [-0.4, -0.2) is 52.7 Å². The summed E-state index contributed by atoms with van der Waals surface area (Å²) < 4.78 is 29.4. The molecule has 1 fully saturated rings. The zero-order valence-electron chi connectivity index (χ0n) is 25.8. The number of carbonyl (C=O) groups is 2. The molecule has 1 aromatic heterocycles.